The number of aliphatic hydroxyl groups is 1. The molecule has 4 atom stereocenters. The normalized spacial score (nSPS) is 16.9. The summed E-state index contributed by atoms with van der Waals surface area (Å²) >= 11 is 0. The number of nitrogens with zero attached hydrogens (tertiary/aromatic N) is 4. The van der Waals surface area contributed by atoms with Crippen molar-refractivity contribution in [3.05, 3.63) is 110 Å². The fraction of sp³-hybridized carbons (Fsp3) is 0.434. The number of hydrogen-bond donors (Lipinski definition) is 3. The van der Waals surface area contributed by atoms with Crippen LogP contribution < -0.4 is 16.2 Å². The van der Waals surface area contributed by atoms with Crippen LogP contribution in [-0.2, 0) is 79.7 Å². The first-order chi connectivity index (χ1) is 34.3. The first-order valence-electron chi connectivity index (χ1n) is 24.1. The van der Waals surface area contributed by atoms with Crippen molar-refractivity contribution >= 4 is 58.0 Å². The molecule has 18 nitrogen and oxygen atoms in total. The highest BCUT2D eigenvalue weighted by molar-refractivity contribution is 6.12. The third-order valence-corrected chi connectivity index (χ3v) is 13.6. The minimum Gasteiger partial charge on any atom is -0.458 e. The summed E-state index contributed by atoms with van der Waals surface area (Å²) < 4.78 is 27.6. The van der Waals surface area contributed by atoms with E-state index in [1.165, 1.54) is 36.6 Å². The molecule has 380 valence electrons. The van der Waals surface area contributed by atoms with E-state index in [0.717, 1.165) is 10.5 Å². The number of rotatable bonds is 23. The summed E-state index contributed by atoms with van der Waals surface area (Å²) in [5, 5.41) is 17.2. The van der Waals surface area contributed by atoms with Gasteiger partial charge in [0.15, 0.2) is 11.4 Å². The number of amides is 5. The molecule has 2 aromatic heterocycles. The van der Waals surface area contributed by atoms with Crippen molar-refractivity contribution in [3.8, 4) is 11.4 Å². The largest absolute Gasteiger partial charge is 0.458 e. The van der Waals surface area contributed by atoms with Crippen molar-refractivity contribution in [1.29, 1.82) is 0 Å². The Bertz CT molecular complexity index is 2920. The van der Waals surface area contributed by atoms with Gasteiger partial charge in [-0.25, -0.2) is 14.2 Å². The Hall–Kier alpha value is -7.25. The quantitative estimate of drug-likeness (QED) is 0.0358. The molecule has 5 heterocycles. The molecule has 0 saturated heterocycles. The number of nitrogens with one attached hydrogen (secondary N) is 2. The van der Waals surface area contributed by atoms with E-state index >= 15 is 4.39 Å². The van der Waals surface area contributed by atoms with E-state index in [0.29, 0.717) is 52.7 Å². The van der Waals surface area contributed by atoms with Gasteiger partial charge in [-0.05, 0) is 61.9 Å². The van der Waals surface area contributed by atoms with Crippen molar-refractivity contribution in [1.82, 2.24) is 30.0 Å². The highest BCUT2D eigenvalue weighted by Crippen LogP contribution is 2.41. The molecule has 72 heavy (non-hydrogen) atoms. The Morgan fingerprint density at radius 1 is 0.917 bits per heavy atom. The zero-order valence-corrected chi connectivity index (χ0v) is 41.0. The smallest absolute Gasteiger partial charge is 0.343 e. The van der Waals surface area contributed by atoms with Crippen LogP contribution in [-0.4, -0.2) is 97.5 Å². The standard InChI is InChI=1S/C53H59FN6O12/c1-6-53(70)40-22-43-48-38(26-60(43)51(68)39(40)27-72-52(53)69)37(36-20-30(2)41(54)23-42(36)57-48)25-58(24-34-13-9-7-10-14-34)47(65)28-71-29-55-49(66)32(4)21-44(62)33(5)56-50(67)31(3)19-35(61)15-11-8-12-18-59-45(63)16-17-46(59)64/h7,9-10,13-14,16-17,20,22-23,31-33,70H,6,8,11-12,15,18-19,21,24-29H2,1-5H3,(H,55,66)(H,56,67)/t31-,32-,33+,53+/m1/s1. The number of halogens is 1. The number of fused-ring (bicyclic) bond motifs is 5. The van der Waals surface area contributed by atoms with E-state index in [2.05, 4.69) is 10.6 Å². The van der Waals surface area contributed by atoms with Crippen LogP contribution in [0, 0.1) is 24.6 Å². The molecule has 3 aliphatic heterocycles. The molecular weight excluding hydrogens is 932 g/mol. The number of ether oxygens (including phenoxy) is 2. The van der Waals surface area contributed by atoms with Crippen LogP contribution in [0.2, 0.25) is 0 Å². The van der Waals surface area contributed by atoms with Crippen LogP contribution in [0.4, 0.5) is 4.39 Å². The Morgan fingerprint density at radius 2 is 1.62 bits per heavy atom. The second kappa shape index (κ2) is 22.4. The van der Waals surface area contributed by atoms with Crippen molar-refractivity contribution in [2.45, 2.75) is 117 Å². The van der Waals surface area contributed by atoms with Crippen molar-refractivity contribution in [3.63, 3.8) is 0 Å². The lowest BCUT2D eigenvalue weighted by Gasteiger charge is -2.31. The molecule has 0 spiro atoms. The third kappa shape index (κ3) is 11.4. The minimum absolute atomic E-state index is 0.0274. The molecule has 0 unspecified atom stereocenters. The average Bonchev–Trinajstić information content (AvgIpc) is 3.89. The number of ketones is 2. The third-order valence-electron chi connectivity index (χ3n) is 13.6. The second-order valence-corrected chi connectivity index (χ2v) is 18.8. The lowest BCUT2D eigenvalue weighted by Crippen LogP contribution is -2.44. The number of imide groups is 1. The maximum absolute atomic E-state index is 15.2. The molecule has 0 fully saturated rings. The number of cyclic esters (lactones) is 1. The van der Waals surface area contributed by atoms with E-state index in [9.17, 15) is 48.3 Å². The number of carbonyl (C=O) groups excluding carboxylic acids is 8. The van der Waals surface area contributed by atoms with Gasteiger partial charge in [0.1, 0.15) is 31.5 Å². The molecule has 3 aliphatic rings. The van der Waals surface area contributed by atoms with Crippen LogP contribution in [0.15, 0.2) is 65.5 Å². The highest BCUT2D eigenvalue weighted by Gasteiger charge is 2.45. The molecule has 0 aliphatic carbocycles. The maximum Gasteiger partial charge on any atom is 0.343 e. The first kappa shape index (κ1) is 52.6. The predicted octanol–water partition coefficient (Wildman–Crippen LogP) is 4.33. The number of unbranched alkanes of at least 4 members (excludes halogenated alkanes) is 2. The van der Waals surface area contributed by atoms with Gasteiger partial charge in [-0.1, -0.05) is 57.5 Å². The Kier molecular flexibility index (Phi) is 16.4. The molecule has 0 radical (unpaired) electrons. The van der Waals surface area contributed by atoms with E-state index in [4.69, 9.17) is 14.5 Å². The van der Waals surface area contributed by atoms with Gasteiger partial charge in [0, 0.05) is 85.5 Å². The SMILES string of the molecule is CC[C@@]1(O)C(=O)OCc2c1cc1n(c2=O)Cc2c-1nc1cc(F)c(C)cc1c2CN(Cc1ccccc1)C(=O)COCNC(=O)[C@H](C)CC(=O)[C@H](C)NC(=O)[C@H](C)CC(=O)CCCCCN1C(=O)C=CC1=O. The van der Waals surface area contributed by atoms with Gasteiger partial charge >= 0.3 is 5.97 Å². The second-order valence-electron chi connectivity index (χ2n) is 18.8. The van der Waals surface area contributed by atoms with E-state index in [1.807, 2.05) is 30.3 Å². The van der Waals surface area contributed by atoms with E-state index in [-0.39, 0.29) is 99.4 Å². The van der Waals surface area contributed by atoms with Gasteiger partial charge in [-0.3, -0.25) is 43.3 Å². The summed E-state index contributed by atoms with van der Waals surface area (Å²) in [7, 11) is 0. The van der Waals surface area contributed by atoms with Crippen LogP contribution >= 0.6 is 0 Å². The van der Waals surface area contributed by atoms with Gasteiger partial charge in [-0.15, -0.1) is 0 Å². The molecule has 0 bridgehead atoms. The van der Waals surface area contributed by atoms with Crippen LogP contribution in [0.25, 0.3) is 22.3 Å². The average molecular weight is 991 g/mol. The van der Waals surface area contributed by atoms with E-state index in [1.54, 1.807) is 37.8 Å². The molecule has 0 saturated carbocycles. The zero-order valence-electron chi connectivity index (χ0n) is 41.0. The van der Waals surface area contributed by atoms with Crippen molar-refractivity contribution in [2.75, 3.05) is 19.9 Å². The monoisotopic (exact) mass is 990 g/mol. The highest BCUT2D eigenvalue weighted by atomic mass is 19.1. The van der Waals surface area contributed by atoms with Gasteiger partial charge in [0.2, 0.25) is 17.7 Å². The summed E-state index contributed by atoms with van der Waals surface area (Å²) in [6.07, 6.45) is 4.10. The molecule has 2 aromatic carbocycles. The van der Waals surface area contributed by atoms with Crippen LogP contribution in [0.5, 0.6) is 0 Å². The lowest BCUT2D eigenvalue weighted by molar-refractivity contribution is -0.172. The number of pyridine rings is 2. The molecule has 7 rings (SSSR count). The van der Waals surface area contributed by atoms with Gasteiger partial charge in [-0.2, -0.15) is 0 Å². The summed E-state index contributed by atoms with van der Waals surface area (Å²) in [5.74, 6) is -5.64. The number of hydrogen-bond acceptors (Lipinski definition) is 13. The summed E-state index contributed by atoms with van der Waals surface area (Å²) in [5.41, 5.74) is 0.946. The number of aryl methyl sites for hydroxylation is 1. The molecular formula is C53H59FN6O12. The first-order valence-corrected chi connectivity index (χ1v) is 24.1. The molecule has 3 N–H and O–H groups in total. The Labute approximate surface area is 414 Å². The van der Waals surface area contributed by atoms with Crippen molar-refractivity contribution < 1.29 is 57.3 Å². The fourth-order valence-electron chi connectivity index (χ4n) is 9.19. The number of Topliss-reactive ketones (excluding diaryl/α,β-unsaturated/α-hetero) is 2. The number of carbonyl (C=O) groups is 8. The lowest BCUT2D eigenvalue weighted by atomic mass is 9.86. The van der Waals surface area contributed by atoms with Gasteiger partial charge < -0.3 is 34.7 Å². The zero-order chi connectivity index (χ0) is 52.0. The predicted molar refractivity (Wildman–Crippen MR) is 258 cm³/mol. The summed E-state index contributed by atoms with van der Waals surface area (Å²) in [6, 6.07) is 12.8. The molecule has 19 heteroatoms. The fourth-order valence-corrected chi connectivity index (χ4v) is 9.19. The van der Waals surface area contributed by atoms with Gasteiger partial charge in [0.05, 0.1) is 35.1 Å². The van der Waals surface area contributed by atoms with E-state index < -0.39 is 70.9 Å². The molecule has 5 amide bonds. The summed E-state index contributed by atoms with van der Waals surface area (Å²) in [4.78, 5) is 124. The minimum atomic E-state index is -2.06. The van der Waals surface area contributed by atoms with Crippen LogP contribution in [0.1, 0.15) is 106 Å². The van der Waals surface area contributed by atoms with Crippen molar-refractivity contribution in [2.24, 2.45) is 11.8 Å². The van der Waals surface area contributed by atoms with Crippen LogP contribution in [0.3, 0.4) is 0 Å². The number of aromatic nitrogens is 2. The Morgan fingerprint density at radius 3 is 2.33 bits per heavy atom. The Balaban J connectivity index is 0.951. The number of esters is 1. The maximum atomic E-state index is 15.2. The number of benzene rings is 2. The topological polar surface area (TPSA) is 241 Å². The summed E-state index contributed by atoms with van der Waals surface area (Å²) in [6.45, 7) is 7.07. The molecule has 4 aromatic rings. The van der Waals surface area contributed by atoms with Gasteiger partial charge in [0.25, 0.3) is 17.4 Å².